The highest BCUT2D eigenvalue weighted by molar-refractivity contribution is 6.63. The summed E-state index contributed by atoms with van der Waals surface area (Å²) >= 11 is 4.94. The highest BCUT2D eigenvalue weighted by Gasteiger charge is 1.98. The molecule has 0 fully saturated rings. The number of carbonyl (C=O) groups excluding carboxylic acids is 2. The first-order chi connectivity index (χ1) is 4.20. The van der Waals surface area contributed by atoms with Crippen LogP contribution >= 0.6 is 11.6 Å². The summed E-state index contributed by atoms with van der Waals surface area (Å²) in [6, 6.07) is 0. The molecule has 0 aromatic heterocycles. The van der Waals surface area contributed by atoms with Crippen LogP contribution in [0.25, 0.3) is 0 Å². The summed E-state index contributed by atoms with van der Waals surface area (Å²) in [5.74, 6) is 1.53. The molecule has 0 aromatic carbocycles. The lowest BCUT2D eigenvalue weighted by Crippen LogP contribution is -1.87. The molecule has 0 aromatic rings. The van der Waals surface area contributed by atoms with Crippen molar-refractivity contribution in [3.8, 4) is 0 Å². The van der Waals surface area contributed by atoms with E-state index in [1.807, 2.05) is 0 Å². The predicted molar refractivity (Wildman–Crippen MR) is 34.9 cm³/mol. The van der Waals surface area contributed by atoms with Gasteiger partial charge in [0.2, 0.25) is 5.24 Å². The number of hydrogen-bond acceptors (Lipinski definition) is 2. The molecule has 0 radical (unpaired) electrons. The van der Waals surface area contributed by atoms with Gasteiger partial charge in [-0.2, -0.15) is 0 Å². The normalized spacial score (nSPS) is 7.67. The third-order valence-electron chi connectivity index (χ3n) is 0.707. The van der Waals surface area contributed by atoms with Crippen LogP contribution in [0.15, 0.2) is 18.2 Å². The van der Waals surface area contributed by atoms with Gasteiger partial charge in [-0.1, -0.05) is 12.7 Å². The van der Waals surface area contributed by atoms with E-state index in [4.69, 9.17) is 11.6 Å². The van der Waals surface area contributed by atoms with Crippen LogP contribution in [0, 0.1) is 0 Å². The smallest absolute Gasteiger partial charge is 0.226 e. The van der Waals surface area contributed by atoms with E-state index in [9.17, 15) is 9.59 Å². The van der Waals surface area contributed by atoms with E-state index in [1.54, 1.807) is 0 Å². The molecular formula is C6H5ClO2. The second-order valence-corrected chi connectivity index (χ2v) is 1.78. The van der Waals surface area contributed by atoms with Crippen molar-refractivity contribution in [3.63, 3.8) is 0 Å². The Morgan fingerprint density at radius 3 is 2.44 bits per heavy atom. The first kappa shape index (κ1) is 8.15. The zero-order valence-electron chi connectivity index (χ0n) is 4.69. The largest absolute Gasteiger partial charge is 0.281 e. The lowest BCUT2D eigenvalue weighted by Gasteiger charge is -1.85. The number of rotatable bonds is 3. The van der Waals surface area contributed by atoms with Gasteiger partial charge in [0.25, 0.3) is 0 Å². The van der Waals surface area contributed by atoms with Gasteiger partial charge in [-0.25, -0.2) is 4.79 Å². The molecule has 3 heteroatoms. The standard InChI is InChI=1S/C6H5ClO2/c1-2-5(4-8)3-6(7)9/h2H,1,3H2. The van der Waals surface area contributed by atoms with Crippen molar-refractivity contribution < 1.29 is 9.59 Å². The Morgan fingerprint density at radius 1 is 1.78 bits per heavy atom. The van der Waals surface area contributed by atoms with E-state index < -0.39 is 5.24 Å². The molecule has 0 bridgehead atoms. The lowest BCUT2D eigenvalue weighted by atomic mass is 10.2. The van der Waals surface area contributed by atoms with Gasteiger partial charge in [-0.05, 0) is 11.6 Å². The highest BCUT2D eigenvalue weighted by Crippen LogP contribution is 1.99. The molecule has 0 amide bonds. The van der Waals surface area contributed by atoms with Crippen LogP contribution in [-0.4, -0.2) is 11.2 Å². The first-order valence-electron chi connectivity index (χ1n) is 2.25. The van der Waals surface area contributed by atoms with Gasteiger partial charge in [0.05, 0.1) is 6.42 Å². The Morgan fingerprint density at radius 2 is 2.33 bits per heavy atom. The van der Waals surface area contributed by atoms with Crippen molar-refractivity contribution in [1.29, 1.82) is 0 Å². The summed E-state index contributed by atoms with van der Waals surface area (Å²) in [6.45, 7) is 3.27. The van der Waals surface area contributed by atoms with E-state index in [1.165, 1.54) is 12.0 Å². The van der Waals surface area contributed by atoms with Crippen LogP contribution in [0.2, 0.25) is 0 Å². The van der Waals surface area contributed by atoms with Crippen molar-refractivity contribution in [2.24, 2.45) is 0 Å². The predicted octanol–water partition coefficient (Wildman–Crippen LogP) is 1.09. The molecule has 0 saturated carbocycles. The van der Waals surface area contributed by atoms with Crippen LogP contribution in [0.5, 0.6) is 0 Å². The van der Waals surface area contributed by atoms with Gasteiger partial charge in [-0.15, -0.1) is 0 Å². The van der Waals surface area contributed by atoms with Crippen molar-refractivity contribution in [3.05, 3.63) is 18.2 Å². The van der Waals surface area contributed by atoms with Gasteiger partial charge < -0.3 is 0 Å². The Kier molecular flexibility index (Phi) is 3.69. The second-order valence-electron chi connectivity index (χ2n) is 1.36. The molecule has 0 aliphatic carbocycles. The average Bonchev–Trinajstić information content (AvgIpc) is 1.82. The van der Waals surface area contributed by atoms with Crippen LogP contribution in [0.1, 0.15) is 6.42 Å². The molecule has 0 saturated heterocycles. The SMILES string of the molecule is C=CC(=C=O)CC(=O)Cl. The van der Waals surface area contributed by atoms with E-state index in [0.717, 1.165) is 0 Å². The molecule has 0 spiro atoms. The van der Waals surface area contributed by atoms with Crippen molar-refractivity contribution >= 4 is 22.8 Å². The minimum Gasteiger partial charge on any atom is -0.281 e. The molecule has 48 valence electrons. The van der Waals surface area contributed by atoms with E-state index in [0.29, 0.717) is 0 Å². The molecule has 0 N–H and O–H groups in total. The summed E-state index contributed by atoms with van der Waals surface area (Å²) in [4.78, 5) is 19.9. The molecule has 0 heterocycles. The minimum atomic E-state index is -0.576. The van der Waals surface area contributed by atoms with E-state index >= 15 is 0 Å². The Bertz CT molecular complexity index is 177. The minimum absolute atomic E-state index is 0.0887. The number of hydrogen-bond donors (Lipinski definition) is 0. The second kappa shape index (κ2) is 4.07. The summed E-state index contributed by atoms with van der Waals surface area (Å²) in [6.07, 6.45) is 1.17. The molecule has 0 rings (SSSR count). The van der Waals surface area contributed by atoms with Crippen LogP contribution in [-0.2, 0) is 9.59 Å². The van der Waals surface area contributed by atoms with Gasteiger partial charge in [-0.3, -0.25) is 4.79 Å². The summed E-state index contributed by atoms with van der Waals surface area (Å²) in [7, 11) is 0. The van der Waals surface area contributed by atoms with E-state index in [2.05, 4.69) is 6.58 Å². The van der Waals surface area contributed by atoms with Crippen LogP contribution < -0.4 is 0 Å². The first-order valence-corrected chi connectivity index (χ1v) is 2.63. The summed E-state index contributed by atoms with van der Waals surface area (Å²) in [5.41, 5.74) is 0.190. The molecule has 2 nitrogen and oxygen atoms in total. The third-order valence-corrected chi connectivity index (χ3v) is 0.841. The fourth-order valence-corrected chi connectivity index (χ4v) is 0.444. The molecule has 0 unspecified atom stereocenters. The van der Waals surface area contributed by atoms with Crippen LogP contribution in [0.4, 0.5) is 0 Å². The number of carbonyl (C=O) groups is 1. The molecule has 0 atom stereocenters. The van der Waals surface area contributed by atoms with Gasteiger partial charge in [0, 0.05) is 5.57 Å². The third kappa shape index (κ3) is 3.71. The highest BCUT2D eigenvalue weighted by atomic mass is 35.5. The van der Waals surface area contributed by atoms with Crippen molar-refractivity contribution in [2.45, 2.75) is 6.42 Å². The fourth-order valence-electron chi connectivity index (χ4n) is 0.300. The molecular weight excluding hydrogens is 140 g/mol. The number of halogens is 1. The quantitative estimate of drug-likeness (QED) is 0.338. The van der Waals surface area contributed by atoms with Crippen molar-refractivity contribution in [1.82, 2.24) is 0 Å². The Balaban J connectivity index is 4.02. The van der Waals surface area contributed by atoms with Gasteiger partial charge >= 0.3 is 0 Å². The summed E-state index contributed by atoms with van der Waals surface area (Å²) < 4.78 is 0. The summed E-state index contributed by atoms with van der Waals surface area (Å²) in [5, 5.41) is -0.576. The average molecular weight is 145 g/mol. The fraction of sp³-hybridized carbons (Fsp3) is 0.167. The Hall–Kier alpha value is -0.850. The van der Waals surface area contributed by atoms with E-state index in [-0.39, 0.29) is 12.0 Å². The lowest BCUT2D eigenvalue weighted by molar-refractivity contribution is -0.111. The Labute approximate surface area is 57.8 Å². The van der Waals surface area contributed by atoms with Crippen molar-refractivity contribution in [2.75, 3.05) is 0 Å². The van der Waals surface area contributed by atoms with Gasteiger partial charge in [0.1, 0.15) is 5.94 Å². The molecule has 0 aliphatic rings. The molecule has 0 aliphatic heterocycles. The number of allylic oxidation sites excluding steroid dienone is 2. The van der Waals surface area contributed by atoms with Crippen LogP contribution in [0.3, 0.4) is 0 Å². The monoisotopic (exact) mass is 144 g/mol. The molecule has 9 heavy (non-hydrogen) atoms. The maximum Gasteiger partial charge on any atom is 0.226 e. The maximum atomic E-state index is 10.1. The topological polar surface area (TPSA) is 34.1 Å². The van der Waals surface area contributed by atoms with Gasteiger partial charge in [0.15, 0.2) is 0 Å². The zero-order chi connectivity index (χ0) is 7.28. The maximum absolute atomic E-state index is 10.1. The zero-order valence-corrected chi connectivity index (χ0v) is 5.44.